The summed E-state index contributed by atoms with van der Waals surface area (Å²) >= 11 is 0. The van der Waals surface area contributed by atoms with Gasteiger partial charge in [0.1, 0.15) is 17.2 Å². The van der Waals surface area contributed by atoms with Gasteiger partial charge in [0, 0.05) is 62.3 Å². The van der Waals surface area contributed by atoms with Gasteiger partial charge < -0.3 is 24.3 Å². The first kappa shape index (κ1) is 39.1. The van der Waals surface area contributed by atoms with Crippen molar-refractivity contribution in [3.8, 4) is 17.4 Å². The predicted octanol–water partition coefficient (Wildman–Crippen LogP) is 8.41. The van der Waals surface area contributed by atoms with Crippen LogP contribution in [0.15, 0.2) is 91.1 Å². The smallest absolute Gasteiger partial charge is 0.439 e. The number of amides is 2. The summed E-state index contributed by atoms with van der Waals surface area (Å²) in [5.41, 5.74) is 1.54. The normalized spacial score (nSPS) is 13.9. The molecule has 1 N–H and O–H groups in total. The summed E-state index contributed by atoms with van der Waals surface area (Å²) in [6.45, 7) is 2.48. The summed E-state index contributed by atoms with van der Waals surface area (Å²) < 4.78 is 101. The van der Waals surface area contributed by atoms with E-state index in [-0.39, 0.29) is 40.1 Å². The van der Waals surface area contributed by atoms with Crippen LogP contribution in [0.4, 0.5) is 36.4 Å². The van der Waals surface area contributed by atoms with E-state index in [1.165, 1.54) is 42.6 Å². The number of aryl methyl sites for hydroxylation is 1. The van der Waals surface area contributed by atoms with Crippen molar-refractivity contribution in [2.24, 2.45) is 7.05 Å². The van der Waals surface area contributed by atoms with Crippen molar-refractivity contribution in [2.75, 3.05) is 31.5 Å². The lowest BCUT2D eigenvalue weighted by Gasteiger charge is -2.34. The molecule has 0 radical (unpaired) electrons. The minimum atomic E-state index is -4.58. The number of carbonyl (C=O) groups is 2. The largest absolute Gasteiger partial charge is 0.461 e. The Balaban J connectivity index is 0.00000541. The highest BCUT2D eigenvalue weighted by Gasteiger charge is 2.44. The quantitative estimate of drug-likeness (QED) is 0.143. The number of benzene rings is 3. The number of ether oxygens (including phenoxy) is 2. The molecule has 0 saturated carbocycles. The molecule has 1 fully saturated rings. The summed E-state index contributed by atoms with van der Waals surface area (Å²) in [6, 6.07) is 19.5. The molecule has 9 nitrogen and oxygen atoms in total. The Bertz CT molecular complexity index is 2050. The molecule has 17 heteroatoms. The van der Waals surface area contributed by atoms with Gasteiger partial charge in [0.2, 0.25) is 5.88 Å². The molecule has 0 spiro atoms. The van der Waals surface area contributed by atoms with E-state index < -0.39 is 30.2 Å². The number of halogens is 8. The van der Waals surface area contributed by atoms with Gasteiger partial charge in [-0.1, -0.05) is 12.1 Å². The van der Waals surface area contributed by atoms with Crippen LogP contribution in [0.25, 0.3) is 10.9 Å². The molecule has 1 aliphatic rings. The highest BCUT2D eigenvalue weighted by atomic mass is 79.9. The monoisotopic (exact) mass is 809 g/mol. The number of aromatic nitrogens is 2. The van der Waals surface area contributed by atoms with Crippen LogP contribution in [0.2, 0.25) is 0 Å². The molecule has 1 aliphatic heterocycles. The average Bonchev–Trinajstić information content (AvgIpc) is 3.44. The molecule has 2 amide bonds. The van der Waals surface area contributed by atoms with Gasteiger partial charge in [0.25, 0.3) is 11.8 Å². The Morgan fingerprint density at radius 3 is 2.11 bits per heavy atom. The molecule has 5 aromatic rings. The van der Waals surface area contributed by atoms with Crippen molar-refractivity contribution in [3.63, 3.8) is 0 Å². The summed E-state index contributed by atoms with van der Waals surface area (Å²) in [5.74, 6) is -0.460. The van der Waals surface area contributed by atoms with Crippen LogP contribution in [0.1, 0.15) is 32.0 Å². The van der Waals surface area contributed by atoms with Crippen molar-refractivity contribution >= 4 is 45.4 Å². The molecule has 280 valence electrons. The second-order valence-corrected chi connectivity index (χ2v) is 12.0. The number of anilines is 1. The number of rotatable bonds is 10. The Morgan fingerprint density at radius 2 is 1.51 bits per heavy atom. The standard InChI is InChI=1S/C36H30F7N5O4.BrH/c1-46-29-12-11-28(51-31-13-8-26(20-44-31)45-32(49)23-4-6-25(7-5-23)35(39,40)41)18-24(29)19-30(46)33(50)48-16-14-47(15-17-48)21-22-2-9-27(10-3-22)52-36(42,43)34(37)38;/h2-13,18-20,34H,14-17,21H2,1H3,(H,45,49);1H. The van der Waals surface area contributed by atoms with Crippen LogP contribution in [0.3, 0.4) is 0 Å². The number of piperazine rings is 1. The van der Waals surface area contributed by atoms with Gasteiger partial charge in [-0.15, -0.1) is 17.0 Å². The van der Waals surface area contributed by atoms with Gasteiger partial charge >= 0.3 is 18.7 Å². The molecule has 0 atom stereocenters. The molecular formula is C36H31BrF7N5O4. The lowest BCUT2D eigenvalue weighted by Crippen LogP contribution is -2.48. The lowest BCUT2D eigenvalue weighted by molar-refractivity contribution is -0.253. The highest BCUT2D eigenvalue weighted by molar-refractivity contribution is 8.93. The fourth-order valence-corrected chi connectivity index (χ4v) is 5.64. The van der Waals surface area contributed by atoms with E-state index >= 15 is 0 Å². The first-order valence-corrected chi connectivity index (χ1v) is 15.8. The zero-order chi connectivity index (χ0) is 37.2. The third-order valence-corrected chi connectivity index (χ3v) is 8.42. The zero-order valence-electron chi connectivity index (χ0n) is 27.7. The Labute approximate surface area is 308 Å². The second kappa shape index (κ2) is 15.8. The summed E-state index contributed by atoms with van der Waals surface area (Å²) in [7, 11) is 1.79. The second-order valence-electron chi connectivity index (χ2n) is 12.0. The molecule has 3 heterocycles. The number of fused-ring (bicyclic) bond motifs is 1. The summed E-state index contributed by atoms with van der Waals surface area (Å²) in [6.07, 6.45) is -11.7. The van der Waals surface area contributed by atoms with E-state index in [0.29, 0.717) is 49.9 Å². The Kier molecular flexibility index (Phi) is 11.7. The van der Waals surface area contributed by atoms with Crippen LogP contribution in [0, 0.1) is 0 Å². The Hall–Kier alpha value is -5.16. The van der Waals surface area contributed by atoms with Gasteiger partial charge in [-0.05, 0) is 72.3 Å². The molecule has 0 bridgehead atoms. The van der Waals surface area contributed by atoms with Crippen molar-refractivity contribution in [1.82, 2.24) is 19.4 Å². The van der Waals surface area contributed by atoms with Gasteiger partial charge in [-0.2, -0.15) is 30.7 Å². The molecule has 6 rings (SSSR count). The molecule has 53 heavy (non-hydrogen) atoms. The minimum absolute atomic E-state index is 0. The maximum atomic E-state index is 13.5. The number of pyridine rings is 1. The van der Waals surface area contributed by atoms with E-state index in [2.05, 4.69) is 19.9 Å². The number of nitrogens with zero attached hydrogens (tertiary/aromatic N) is 4. The third kappa shape index (κ3) is 9.26. The average molecular weight is 811 g/mol. The number of hydrogen-bond acceptors (Lipinski definition) is 6. The van der Waals surface area contributed by atoms with Crippen LogP contribution in [-0.2, 0) is 19.8 Å². The summed E-state index contributed by atoms with van der Waals surface area (Å²) in [4.78, 5) is 34.0. The molecule has 0 aliphatic carbocycles. The number of carbonyl (C=O) groups excluding carboxylic acids is 2. The van der Waals surface area contributed by atoms with Crippen molar-refractivity contribution < 1.29 is 49.8 Å². The minimum Gasteiger partial charge on any atom is -0.439 e. The van der Waals surface area contributed by atoms with E-state index in [1.54, 1.807) is 34.7 Å². The summed E-state index contributed by atoms with van der Waals surface area (Å²) in [5, 5.41) is 3.33. The Morgan fingerprint density at radius 1 is 0.849 bits per heavy atom. The first-order chi connectivity index (χ1) is 24.7. The molecule has 0 unspecified atom stereocenters. The van der Waals surface area contributed by atoms with E-state index in [4.69, 9.17) is 4.74 Å². The van der Waals surface area contributed by atoms with Crippen molar-refractivity contribution in [2.45, 2.75) is 25.3 Å². The van der Waals surface area contributed by atoms with Crippen LogP contribution in [0.5, 0.6) is 17.4 Å². The lowest BCUT2D eigenvalue weighted by atomic mass is 10.1. The molecule has 1 saturated heterocycles. The van der Waals surface area contributed by atoms with Crippen LogP contribution in [-0.4, -0.2) is 69.9 Å². The molecular weight excluding hydrogens is 779 g/mol. The van der Waals surface area contributed by atoms with Crippen LogP contribution < -0.4 is 14.8 Å². The van der Waals surface area contributed by atoms with Gasteiger partial charge in [-0.25, -0.2) is 4.98 Å². The first-order valence-electron chi connectivity index (χ1n) is 15.8. The zero-order valence-corrected chi connectivity index (χ0v) is 29.5. The van der Waals surface area contributed by atoms with Crippen molar-refractivity contribution in [3.05, 3.63) is 114 Å². The van der Waals surface area contributed by atoms with E-state index in [0.717, 1.165) is 40.7 Å². The van der Waals surface area contributed by atoms with Gasteiger partial charge in [-0.3, -0.25) is 14.5 Å². The molecule has 2 aromatic heterocycles. The fraction of sp³-hybridized carbons (Fsp3) is 0.250. The maximum absolute atomic E-state index is 13.5. The third-order valence-electron chi connectivity index (χ3n) is 8.42. The number of nitrogens with one attached hydrogen (secondary N) is 1. The SMILES string of the molecule is Br.Cn1c(C(=O)N2CCN(Cc3ccc(OC(F)(F)C(F)F)cc3)CC2)cc2cc(Oc3ccc(NC(=O)c4ccc(C(F)(F)F)cc4)cn3)ccc21. The highest BCUT2D eigenvalue weighted by Crippen LogP contribution is 2.31. The van der Waals surface area contributed by atoms with Gasteiger partial charge in [0.05, 0.1) is 17.4 Å². The topological polar surface area (TPSA) is 88.9 Å². The van der Waals surface area contributed by atoms with E-state index in [9.17, 15) is 40.3 Å². The van der Waals surface area contributed by atoms with Gasteiger partial charge in [0.15, 0.2) is 0 Å². The number of hydrogen-bond donors (Lipinski definition) is 1. The predicted molar refractivity (Wildman–Crippen MR) is 186 cm³/mol. The van der Waals surface area contributed by atoms with Crippen molar-refractivity contribution in [1.29, 1.82) is 0 Å². The van der Waals surface area contributed by atoms with E-state index in [1.807, 2.05) is 6.07 Å². The maximum Gasteiger partial charge on any atom is 0.461 e. The van der Waals surface area contributed by atoms with Crippen LogP contribution >= 0.6 is 17.0 Å². The fourth-order valence-electron chi connectivity index (χ4n) is 5.64. The number of alkyl halides is 7. The molecule has 3 aromatic carbocycles.